The van der Waals surface area contributed by atoms with Crippen molar-refractivity contribution >= 4 is 5.97 Å². The van der Waals surface area contributed by atoms with E-state index >= 15 is 0 Å². The van der Waals surface area contributed by atoms with Gasteiger partial charge in [-0.05, 0) is 39.3 Å². The first-order chi connectivity index (χ1) is 8.98. The number of carbonyl (C=O) groups excluding carboxylic acids is 1. The molecule has 1 aliphatic heterocycles. The maximum atomic E-state index is 11.8. The van der Waals surface area contributed by atoms with E-state index in [4.69, 9.17) is 4.74 Å². The highest BCUT2D eigenvalue weighted by Crippen LogP contribution is 2.30. The van der Waals surface area contributed by atoms with Gasteiger partial charge in [-0.1, -0.05) is 30.3 Å². The highest BCUT2D eigenvalue weighted by atomic mass is 16.5. The van der Waals surface area contributed by atoms with Crippen molar-refractivity contribution in [3.63, 3.8) is 0 Å². The lowest BCUT2D eigenvalue weighted by atomic mass is 9.94. The Morgan fingerprint density at radius 2 is 2.00 bits per heavy atom. The number of hydrogen-bond acceptors (Lipinski definition) is 3. The van der Waals surface area contributed by atoms with Gasteiger partial charge in [-0.3, -0.25) is 4.79 Å². The minimum atomic E-state index is -0.422. The molecule has 1 N–H and O–H groups in total. The number of nitrogens with one attached hydrogen (secondary N) is 1. The molecule has 3 heteroatoms. The number of esters is 1. The van der Waals surface area contributed by atoms with Crippen LogP contribution in [-0.4, -0.2) is 19.1 Å². The molecule has 1 aromatic rings. The van der Waals surface area contributed by atoms with Crippen LogP contribution < -0.4 is 5.32 Å². The average molecular weight is 261 g/mol. The van der Waals surface area contributed by atoms with Crippen molar-refractivity contribution in [2.45, 2.75) is 33.2 Å². The van der Waals surface area contributed by atoms with Crippen LogP contribution in [0.25, 0.3) is 0 Å². The zero-order chi connectivity index (χ0) is 13.9. The third-order valence-corrected chi connectivity index (χ3v) is 3.55. The molecule has 0 saturated carbocycles. The predicted octanol–water partition coefficient (Wildman–Crippen LogP) is 2.93. The van der Waals surface area contributed by atoms with Crippen LogP contribution >= 0.6 is 0 Å². The van der Waals surface area contributed by atoms with E-state index < -0.39 is 5.41 Å². The summed E-state index contributed by atoms with van der Waals surface area (Å²) in [6.07, 6.45) is 1.05. The minimum absolute atomic E-state index is 0.119. The fourth-order valence-electron chi connectivity index (χ4n) is 2.39. The van der Waals surface area contributed by atoms with E-state index in [0.717, 1.165) is 13.0 Å². The molecule has 3 nitrogen and oxygen atoms in total. The summed E-state index contributed by atoms with van der Waals surface area (Å²) in [5.41, 5.74) is 0.852. The molecule has 0 spiro atoms. The van der Waals surface area contributed by atoms with Crippen molar-refractivity contribution in [3.05, 3.63) is 35.9 Å². The SMILES string of the molecule is CC(C)(C)C(=O)OCC1CCNC1c1ccccc1. The highest BCUT2D eigenvalue weighted by molar-refractivity contribution is 5.75. The first-order valence-electron chi connectivity index (χ1n) is 6.94. The van der Waals surface area contributed by atoms with E-state index in [0.29, 0.717) is 18.6 Å². The first kappa shape index (κ1) is 14.1. The van der Waals surface area contributed by atoms with E-state index in [1.807, 2.05) is 39.0 Å². The van der Waals surface area contributed by atoms with Crippen LogP contribution in [0, 0.1) is 11.3 Å². The van der Waals surface area contributed by atoms with Crippen LogP contribution in [-0.2, 0) is 9.53 Å². The van der Waals surface area contributed by atoms with Gasteiger partial charge in [0.25, 0.3) is 0 Å². The maximum Gasteiger partial charge on any atom is 0.311 e. The molecule has 1 aliphatic rings. The van der Waals surface area contributed by atoms with Crippen molar-refractivity contribution < 1.29 is 9.53 Å². The molecular weight excluding hydrogens is 238 g/mol. The van der Waals surface area contributed by atoms with Gasteiger partial charge >= 0.3 is 5.97 Å². The van der Waals surface area contributed by atoms with E-state index in [1.165, 1.54) is 5.56 Å². The molecule has 2 atom stereocenters. The third kappa shape index (κ3) is 3.57. The van der Waals surface area contributed by atoms with Gasteiger partial charge in [0.15, 0.2) is 0 Å². The number of carbonyl (C=O) groups is 1. The van der Waals surface area contributed by atoms with Crippen molar-refractivity contribution in [2.24, 2.45) is 11.3 Å². The van der Waals surface area contributed by atoms with Gasteiger partial charge in [-0.2, -0.15) is 0 Å². The summed E-state index contributed by atoms with van der Waals surface area (Å²) in [6, 6.07) is 10.7. The van der Waals surface area contributed by atoms with Crippen molar-refractivity contribution in [1.82, 2.24) is 5.32 Å². The minimum Gasteiger partial charge on any atom is -0.465 e. The Bertz CT molecular complexity index is 422. The first-order valence-corrected chi connectivity index (χ1v) is 6.94. The highest BCUT2D eigenvalue weighted by Gasteiger charge is 2.31. The fraction of sp³-hybridized carbons (Fsp3) is 0.562. The van der Waals surface area contributed by atoms with Gasteiger partial charge in [0.1, 0.15) is 0 Å². The van der Waals surface area contributed by atoms with Gasteiger partial charge in [0.05, 0.1) is 12.0 Å². The summed E-state index contributed by atoms with van der Waals surface area (Å²) in [5, 5.41) is 3.49. The van der Waals surface area contributed by atoms with Crippen LogP contribution in [0.3, 0.4) is 0 Å². The third-order valence-electron chi connectivity index (χ3n) is 3.55. The van der Waals surface area contributed by atoms with Gasteiger partial charge in [-0.25, -0.2) is 0 Å². The maximum absolute atomic E-state index is 11.8. The quantitative estimate of drug-likeness (QED) is 0.850. The largest absolute Gasteiger partial charge is 0.465 e. The van der Waals surface area contributed by atoms with Gasteiger partial charge in [0, 0.05) is 12.0 Å². The van der Waals surface area contributed by atoms with Crippen LogP contribution in [0.2, 0.25) is 0 Å². The van der Waals surface area contributed by atoms with Gasteiger partial charge < -0.3 is 10.1 Å². The Morgan fingerprint density at radius 3 is 2.63 bits per heavy atom. The molecule has 19 heavy (non-hydrogen) atoms. The monoisotopic (exact) mass is 261 g/mol. The van der Waals surface area contributed by atoms with E-state index in [2.05, 4.69) is 17.4 Å². The smallest absolute Gasteiger partial charge is 0.311 e. The summed E-state index contributed by atoms with van der Waals surface area (Å²) in [4.78, 5) is 11.8. The second-order valence-corrected chi connectivity index (χ2v) is 6.24. The van der Waals surface area contributed by atoms with Crippen molar-refractivity contribution in [1.29, 1.82) is 0 Å². The molecule has 1 aromatic carbocycles. The average Bonchev–Trinajstić information content (AvgIpc) is 2.84. The molecule has 0 amide bonds. The van der Waals surface area contributed by atoms with Crippen molar-refractivity contribution in [3.8, 4) is 0 Å². The van der Waals surface area contributed by atoms with E-state index in [-0.39, 0.29) is 5.97 Å². The van der Waals surface area contributed by atoms with Gasteiger partial charge in [-0.15, -0.1) is 0 Å². The summed E-state index contributed by atoms with van der Waals surface area (Å²) in [7, 11) is 0. The molecule has 1 saturated heterocycles. The Labute approximate surface area is 115 Å². The zero-order valence-corrected chi connectivity index (χ0v) is 12.0. The zero-order valence-electron chi connectivity index (χ0n) is 12.0. The Balaban J connectivity index is 1.95. The van der Waals surface area contributed by atoms with Crippen LogP contribution in [0.5, 0.6) is 0 Å². The number of ether oxygens (including phenoxy) is 1. The molecule has 0 radical (unpaired) electrons. The lowest BCUT2D eigenvalue weighted by molar-refractivity contribution is -0.154. The van der Waals surface area contributed by atoms with E-state index in [1.54, 1.807) is 0 Å². The molecule has 104 valence electrons. The van der Waals surface area contributed by atoms with Crippen molar-refractivity contribution in [2.75, 3.05) is 13.2 Å². The summed E-state index contributed by atoms with van der Waals surface area (Å²) in [5.74, 6) is 0.250. The molecular formula is C16H23NO2. The number of benzene rings is 1. The predicted molar refractivity (Wildman–Crippen MR) is 75.7 cm³/mol. The second kappa shape index (κ2) is 5.74. The van der Waals surface area contributed by atoms with E-state index in [9.17, 15) is 4.79 Å². The number of hydrogen-bond donors (Lipinski definition) is 1. The van der Waals surface area contributed by atoms with Crippen LogP contribution in [0.1, 0.15) is 38.8 Å². The second-order valence-electron chi connectivity index (χ2n) is 6.24. The molecule has 2 rings (SSSR count). The molecule has 1 heterocycles. The van der Waals surface area contributed by atoms with Gasteiger partial charge in [0.2, 0.25) is 0 Å². The molecule has 2 unspecified atom stereocenters. The molecule has 0 aliphatic carbocycles. The fourth-order valence-corrected chi connectivity index (χ4v) is 2.39. The summed E-state index contributed by atoms with van der Waals surface area (Å²) in [6.45, 7) is 7.14. The number of rotatable bonds is 3. The lowest BCUT2D eigenvalue weighted by Gasteiger charge is -2.22. The molecule has 1 fully saturated rings. The molecule has 0 bridgehead atoms. The molecule has 0 aromatic heterocycles. The normalized spacial score (nSPS) is 23.3. The van der Waals surface area contributed by atoms with Crippen LogP contribution in [0.15, 0.2) is 30.3 Å². The van der Waals surface area contributed by atoms with Crippen LogP contribution in [0.4, 0.5) is 0 Å². The lowest BCUT2D eigenvalue weighted by Crippen LogP contribution is -2.27. The standard InChI is InChI=1S/C16H23NO2/c1-16(2,3)15(18)19-11-13-9-10-17-14(13)12-7-5-4-6-8-12/h4-8,13-14,17H,9-11H2,1-3H3. The Morgan fingerprint density at radius 1 is 1.32 bits per heavy atom. The Kier molecular flexibility index (Phi) is 4.25. The topological polar surface area (TPSA) is 38.3 Å². The summed E-state index contributed by atoms with van der Waals surface area (Å²) >= 11 is 0. The summed E-state index contributed by atoms with van der Waals surface area (Å²) < 4.78 is 5.46. The Hall–Kier alpha value is -1.35.